The number of carbonyl (C=O) groups is 1. The number of nitrogens with one attached hydrogen (secondary N) is 2. The van der Waals surface area contributed by atoms with Crippen molar-refractivity contribution in [1.29, 1.82) is 0 Å². The van der Waals surface area contributed by atoms with Gasteiger partial charge in [-0.25, -0.2) is 4.79 Å². The Morgan fingerprint density at radius 3 is 2.84 bits per heavy atom. The van der Waals surface area contributed by atoms with Gasteiger partial charge in [0.25, 0.3) is 0 Å². The smallest absolute Gasteiger partial charge is 0.312 e. The van der Waals surface area contributed by atoms with Crippen LogP contribution in [0, 0.1) is 0 Å². The Morgan fingerprint density at radius 2 is 2.11 bits per heavy atom. The normalized spacial score (nSPS) is 20.6. The second kappa shape index (κ2) is 5.61. The molecule has 0 spiro atoms. The molecule has 1 aliphatic rings. The van der Waals surface area contributed by atoms with Gasteiger partial charge in [-0.05, 0) is 29.4 Å². The lowest BCUT2D eigenvalue weighted by atomic mass is 9.71. The van der Waals surface area contributed by atoms with E-state index >= 15 is 0 Å². The number of nitrogens with two attached hydrogens (primary N) is 1. The highest BCUT2D eigenvalue weighted by Crippen LogP contribution is 2.41. The number of amides is 2. The molecule has 1 aromatic rings. The molecule has 0 saturated heterocycles. The molecule has 0 fully saturated rings. The highest BCUT2D eigenvalue weighted by molar-refractivity contribution is 5.71. The fourth-order valence-electron chi connectivity index (χ4n) is 2.86. The van der Waals surface area contributed by atoms with E-state index < -0.39 is 6.03 Å². The zero-order valence-corrected chi connectivity index (χ0v) is 11.7. The molecule has 0 aliphatic heterocycles. The molecular weight excluding hydrogens is 238 g/mol. The highest BCUT2D eigenvalue weighted by atomic mass is 16.2. The van der Waals surface area contributed by atoms with Crippen molar-refractivity contribution in [1.82, 2.24) is 10.6 Å². The molecule has 4 N–H and O–H groups in total. The molecule has 0 aromatic heterocycles. The molecule has 0 radical (unpaired) electrons. The van der Waals surface area contributed by atoms with Crippen LogP contribution in [0.25, 0.3) is 0 Å². The van der Waals surface area contributed by atoms with Gasteiger partial charge in [-0.2, -0.15) is 0 Å². The van der Waals surface area contributed by atoms with Gasteiger partial charge >= 0.3 is 6.03 Å². The van der Waals surface area contributed by atoms with Crippen molar-refractivity contribution < 1.29 is 4.79 Å². The number of primary amides is 1. The van der Waals surface area contributed by atoms with E-state index in [1.54, 1.807) is 0 Å². The average Bonchev–Trinajstić information content (AvgIpc) is 2.37. The van der Waals surface area contributed by atoms with E-state index in [1.807, 2.05) is 0 Å². The number of carbonyl (C=O) groups excluding carboxylic acids is 1. The van der Waals surface area contributed by atoms with Crippen molar-refractivity contribution in [2.24, 2.45) is 5.73 Å². The van der Waals surface area contributed by atoms with E-state index in [1.165, 1.54) is 17.5 Å². The molecule has 1 aromatic carbocycles. The van der Waals surface area contributed by atoms with E-state index in [-0.39, 0.29) is 5.41 Å². The molecule has 1 atom stereocenters. The molecule has 4 nitrogen and oxygen atoms in total. The van der Waals surface area contributed by atoms with Crippen LogP contribution < -0.4 is 16.4 Å². The maximum Gasteiger partial charge on any atom is 0.312 e. The third kappa shape index (κ3) is 3.26. The van der Waals surface area contributed by atoms with E-state index in [9.17, 15) is 4.79 Å². The first-order valence-corrected chi connectivity index (χ1v) is 6.87. The summed E-state index contributed by atoms with van der Waals surface area (Å²) in [5, 5.41) is 6.10. The quantitative estimate of drug-likeness (QED) is 0.726. The highest BCUT2D eigenvalue weighted by Gasteiger charge is 2.31. The summed E-state index contributed by atoms with van der Waals surface area (Å²) in [5.74, 6) is 0. The summed E-state index contributed by atoms with van der Waals surface area (Å²) in [6.07, 6.45) is 2.30. The molecule has 2 rings (SSSR count). The Morgan fingerprint density at radius 1 is 1.37 bits per heavy atom. The summed E-state index contributed by atoms with van der Waals surface area (Å²) in [7, 11) is 0. The monoisotopic (exact) mass is 261 g/mol. The van der Waals surface area contributed by atoms with E-state index in [2.05, 4.69) is 48.7 Å². The van der Waals surface area contributed by atoms with Gasteiger partial charge in [0.05, 0.1) is 0 Å². The summed E-state index contributed by atoms with van der Waals surface area (Å²) in [5.41, 5.74) is 8.12. The summed E-state index contributed by atoms with van der Waals surface area (Å²) in [6.45, 7) is 5.91. The van der Waals surface area contributed by atoms with Gasteiger partial charge in [-0.3, -0.25) is 0 Å². The lowest BCUT2D eigenvalue weighted by Crippen LogP contribution is -2.38. The van der Waals surface area contributed by atoms with E-state index in [0.717, 1.165) is 13.0 Å². The molecular formula is C15H23N3O. The summed E-state index contributed by atoms with van der Waals surface area (Å²) >= 11 is 0. The predicted molar refractivity (Wildman–Crippen MR) is 77.0 cm³/mol. The van der Waals surface area contributed by atoms with Gasteiger partial charge in [0.15, 0.2) is 0 Å². The van der Waals surface area contributed by atoms with Gasteiger partial charge in [-0.1, -0.05) is 38.1 Å². The largest absolute Gasteiger partial charge is 0.352 e. The van der Waals surface area contributed by atoms with Gasteiger partial charge in [0.2, 0.25) is 0 Å². The first-order valence-electron chi connectivity index (χ1n) is 6.87. The van der Waals surface area contributed by atoms with Crippen molar-refractivity contribution in [2.75, 3.05) is 13.1 Å². The van der Waals surface area contributed by atoms with Crippen molar-refractivity contribution in [2.45, 2.75) is 38.1 Å². The van der Waals surface area contributed by atoms with Gasteiger partial charge < -0.3 is 16.4 Å². The zero-order valence-electron chi connectivity index (χ0n) is 11.7. The zero-order chi connectivity index (χ0) is 13.9. The van der Waals surface area contributed by atoms with Crippen molar-refractivity contribution >= 4 is 6.03 Å². The SMILES string of the molecule is CC1(C)CCC(NCCNC(N)=O)c2ccccc21. The molecule has 104 valence electrons. The van der Waals surface area contributed by atoms with Crippen molar-refractivity contribution in [3.8, 4) is 0 Å². The van der Waals surface area contributed by atoms with Crippen LogP contribution in [0.3, 0.4) is 0 Å². The fourth-order valence-corrected chi connectivity index (χ4v) is 2.86. The number of hydrogen-bond acceptors (Lipinski definition) is 2. The summed E-state index contributed by atoms with van der Waals surface area (Å²) < 4.78 is 0. The van der Waals surface area contributed by atoms with Crippen LogP contribution in [0.1, 0.15) is 43.9 Å². The van der Waals surface area contributed by atoms with E-state index in [4.69, 9.17) is 5.73 Å². The molecule has 1 unspecified atom stereocenters. The average molecular weight is 261 g/mol. The van der Waals surface area contributed by atoms with Gasteiger partial charge in [0.1, 0.15) is 0 Å². The summed E-state index contributed by atoms with van der Waals surface area (Å²) in [4.78, 5) is 10.6. The molecule has 1 aliphatic carbocycles. The van der Waals surface area contributed by atoms with Crippen LogP contribution in [0.5, 0.6) is 0 Å². The lowest BCUT2D eigenvalue weighted by Gasteiger charge is -2.37. The minimum absolute atomic E-state index is 0.250. The van der Waals surface area contributed by atoms with Gasteiger partial charge in [0, 0.05) is 19.1 Å². The van der Waals surface area contributed by atoms with Gasteiger partial charge in [-0.15, -0.1) is 0 Å². The number of benzene rings is 1. The predicted octanol–water partition coefficient (Wildman–Crippen LogP) is 2.06. The third-order valence-corrected chi connectivity index (χ3v) is 3.94. The minimum Gasteiger partial charge on any atom is -0.352 e. The Labute approximate surface area is 114 Å². The second-order valence-corrected chi connectivity index (χ2v) is 5.81. The first-order chi connectivity index (χ1) is 9.00. The van der Waals surface area contributed by atoms with Crippen LogP contribution >= 0.6 is 0 Å². The first kappa shape index (κ1) is 13.9. The number of rotatable bonds is 4. The number of fused-ring (bicyclic) bond motifs is 1. The lowest BCUT2D eigenvalue weighted by molar-refractivity contribution is 0.248. The molecule has 2 amide bonds. The standard InChI is InChI=1S/C15H23N3O/c1-15(2)8-7-13(17-9-10-18-14(16)19)11-5-3-4-6-12(11)15/h3-6,13,17H,7-10H2,1-2H3,(H3,16,18,19). The Bertz CT molecular complexity index is 456. The van der Waals surface area contributed by atoms with Crippen LogP contribution in [0.2, 0.25) is 0 Å². The topological polar surface area (TPSA) is 67.2 Å². The van der Waals surface area contributed by atoms with Crippen molar-refractivity contribution in [3.63, 3.8) is 0 Å². The summed E-state index contributed by atoms with van der Waals surface area (Å²) in [6, 6.07) is 8.54. The van der Waals surface area contributed by atoms with E-state index in [0.29, 0.717) is 12.6 Å². The number of hydrogen-bond donors (Lipinski definition) is 3. The van der Waals surface area contributed by atoms with Crippen LogP contribution in [-0.4, -0.2) is 19.1 Å². The Hall–Kier alpha value is -1.55. The molecule has 19 heavy (non-hydrogen) atoms. The minimum atomic E-state index is -0.466. The molecule has 0 saturated carbocycles. The molecule has 0 heterocycles. The number of urea groups is 1. The molecule has 4 heteroatoms. The molecule has 0 bridgehead atoms. The maximum atomic E-state index is 10.6. The maximum absolute atomic E-state index is 10.6. The van der Waals surface area contributed by atoms with Crippen LogP contribution in [0.15, 0.2) is 24.3 Å². The second-order valence-electron chi connectivity index (χ2n) is 5.81. The van der Waals surface area contributed by atoms with Crippen LogP contribution in [-0.2, 0) is 5.41 Å². The van der Waals surface area contributed by atoms with Crippen LogP contribution in [0.4, 0.5) is 4.79 Å². The third-order valence-electron chi connectivity index (χ3n) is 3.94. The Kier molecular flexibility index (Phi) is 4.10. The fraction of sp³-hybridized carbons (Fsp3) is 0.533. The van der Waals surface area contributed by atoms with Crippen molar-refractivity contribution in [3.05, 3.63) is 35.4 Å². The Balaban J connectivity index is 2.02.